The van der Waals surface area contributed by atoms with Crippen LogP contribution in [0.2, 0.25) is 0 Å². The van der Waals surface area contributed by atoms with Gasteiger partial charge in [-0.25, -0.2) is 4.98 Å². The predicted octanol–water partition coefficient (Wildman–Crippen LogP) is 4.39. The van der Waals surface area contributed by atoms with Gasteiger partial charge in [-0.1, -0.05) is 6.07 Å². The Balaban J connectivity index is 1.83. The fourth-order valence-corrected chi connectivity index (χ4v) is 3.64. The number of carbonyl (C=O) groups is 2. The van der Waals surface area contributed by atoms with Gasteiger partial charge in [0, 0.05) is 24.1 Å². The molecule has 0 bridgehead atoms. The number of nitrogens with zero attached hydrogens (tertiary/aromatic N) is 3. The highest BCUT2D eigenvalue weighted by atomic mass is 32.1. The zero-order chi connectivity index (χ0) is 23.1. The maximum atomic E-state index is 12.5. The molecule has 3 rings (SSSR count). The van der Waals surface area contributed by atoms with E-state index in [4.69, 9.17) is 9.47 Å². The first-order chi connectivity index (χ1) is 15.4. The quantitative estimate of drug-likeness (QED) is 0.425. The highest BCUT2D eigenvalue weighted by molar-refractivity contribution is 7.14. The van der Waals surface area contributed by atoms with Crippen LogP contribution in [0.5, 0.6) is 11.5 Å². The van der Waals surface area contributed by atoms with Gasteiger partial charge in [-0.05, 0) is 42.5 Å². The highest BCUT2D eigenvalue weighted by Gasteiger charge is 2.18. The number of thiazole rings is 1. The number of rotatable bonds is 7. The van der Waals surface area contributed by atoms with Crippen LogP contribution in [-0.2, 0) is 9.59 Å². The summed E-state index contributed by atoms with van der Waals surface area (Å²) in [6.45, 7) is 1.43. The maximum Gasteiger partial charge on any atom is 0.266 e. The van der Waals surface area contributed by atoms with Crippen LogP contribution in [0.1, 0.15) is 12.6 Å². The summed E-state index contributed by atoms with van der Waals surface area (Å²) in [5.74, 6) is 0.447. The van der Waals surface area contributed by atoms with E-state index in [1.165, 1.54) is 36.3 Å². The summed E-state index contributed by atoms with van der Waals surface area (Å²) in [7, 11) is 3.09. The van der Waals surface area contributed by atoms with Crippen molar-refractivity contribution in [3.8, 4) is 17.6 Å². The zero-order valence-electron chi connectivity index (χ0n) is 17.7. The topological polar surface area (TPSA) is 105 Å². The zero-order valence-corrected chi connectivity index (χ0v) is 18.5. The van der Waals surface area contributed by atoms with Gasteiger partial charge >= 0.3 is 0 Å². The van der Waals surface area contributed by atoms with Gasteiger partial charge in [0.15, 0.2) is 5.13 Å². The summed E-state index contributed by atoms with van der Waals surface area (Å²) in [4.78, 5) is 30.7. The van der Waals surface area contributed by atoms with E-state index in [1.807, 2.05) is 6.07 Å². The molecule has 0 radical (unpaired) electrons. The van der Waals surface area contributed by atoms with E-state index in [1.54, 1.807) is 61.0 Å². The van der Waals surface area contributed by atoms with Crippen molar-refractivity contribution < 1.29 is 19.1 Å². The minimum absolute atomic E-state index is 0.122. The number of nitriles is 1. The standard InChI is InChI=1S/C23H20N4O4S/c1-15(28)27(19-7-9-20(30-2)10-8-19)23-26-18(14-32-23)11-16(13-24)22(29)25-17-5-4-6-21(12-17)31-3/h4-12,14H,1-3H3,(H,25,29)/b16-11+. The van der Waals surface area contributed by atoms with E-state index in [0.717, 1.165) is 0 Å². The van der Waals surface area contributed by atoms with Crippen LogP contribution < -0.4 is 19.7 Å². The number of carbonyl (C=O) groups excluding carboxylic acids is 2. The van der Waals surface area contributed by atoms with Crippen molar-refractivity contribution in [1.29, 1.82) is 5.26 Å². The molecule has 0 fully saturated rings. The molecule has 2 amide bonds. The molecule has 0 atom stereocenters. The number of methoxy groups -OCH3 is 2. The van der Waals surface area contributed by atoms with Crippen LogP contribution in [0.25, 0.3) is 6.08 Å². The van der Waals surface area contributed by atoms with E-state index < -0.39 is 5.91 Å². The molecular formula is C23H20N4O4S. The van der Waals surface area contributed by atoms with Crippen molar-refractivity contribution >= 4 is 45.7 Å². The number of aromatic nitrogens is 1. The minimum atomic E-state index is -0.575. The fraction of sp³-hybridized carbons (Fsp3) is 0.130. The molecule has 32 heavy (non-hydrogen) atoms. The monoisotopic (exact) mass is 448 g/mol. The molecule has 9 heteroatoms. The molecular weight excluding hydrogens is 428 g/mol. The Morgan fingerprint density at radius 1 is 1.12 bits per heavy atom. The van der Waals surface area contributed by atoms with Crippen molar-refractivity contribution in [2.24, 2.45) is 0 Å². The van der Waals surface area contributed by atoms with Crippen LogP contribution in [0.15, 0.2) is 59.5 Å². The van der Waals surface area contributed by atoms with Crippen LogP contribution in [-0.4, -0.2) is 31.0 Å². The van der Waals surface area contributed by atoms with E-state index in [9.17, 15) is 14.9 Å². The van der Waals surface area contributed by atoms with Gasteiger partial charge in [-0.15, -0.1) is 11.3 Å². The molecule has 0 saturated carbocycles. The van der Waals surface area contributed by atoms with Gasteiger partial charge in [0.1, 0.15) is 23.1 Å². The summed E-state index contributed by atoms with van der Waals surface area (Å²) in [6, 6.07) is 15.7. The van der Waals surface area contributed by atoms with Gasteiger partial charge in [-0.2, -0.15) is 5.26 Å². The molecule has 1 N–H and O–H groups in total. The lowest BCUT2D eigenvalue weighted by molar-refractivity contribution is -0.116. The number of hydrogen-bond donors (Lipinski definition) is 1. The molecule has 0 aliphatic heterocycles. The summed E-state index contributed by atoms with van der Waals surface area (Å²) in [6.07, 6.45) is 1.38. The van der Waals surface area contributed by atoms with Crippen LogP contribution in [0.4, 0.5) is 16.5 Å². The Morgan fingerprint density at radius 3 is 2.47 bits per heavy atom. The molecule has 8 nitrogen and oxygen atoms in total. The van der Waals surface area contributed by atoms with Crippen molar-refractivity contribution in [3.63, 3.8) is 0 Å². The second-order valence-electron chi connectivity index (χ2n) is 6.46. The van der Waals surface area contributed by atoms with E-state index in [2.05, 4.69) is 10.3 Å². The molecule has 162 valence electrons. The molecule has 3 aromatic rings. The average Bonchev–Trinajstić information content (AvgIpc) is 3.25. The maximum absolute atomic E-state index is 12.5. The average molecular weight is 449 g/mol. The Morgan fingerprint density at radius 2 is 1.84 bits per heavy atom. The molecule has 0 aliphatic carbocycles. The fourth-order valence-electron chi connectivity index (χ4n) is 2.80. The lowest BCUT2D eigenvalue weighted by Gasteiger charge is -2.18. The Bertz CT molecular complexity index is 1200. The van der Waals surface area contributed by atoms with Crippen molar-refractivity contribution in [2.45, 2.75) is 6.92 Å². The molecule has 2 aromatic carbocycles. The molecule has 0 spiro atoms. The number of ether oxygens (including phenoxy) is 2. The van der Waals surface area contributed by atoms with Crippen LogP contribution in [0.3, 0.4) is 0 Å². The summed E-state index contributed by atoms with van der Waals surface area (Å²) in [5, 5.41) is 14.2. The molecule has 0 unspecified atom stereocenters. The number of nitrogens with one attached hydrogen (secondary N) is 1. The summed E-state index contributed by atoms with van der Waals surface area (Å²) in [5.41, 5.74) is 1.39. The molecule has 1 heterocycles. The SMILES string of the molecule is COc1ccc(N(C(C)=O)c2nc(/C=C(\C#N)C(=O)Nc3cccc(OC)c3)cs2)cc1. The Hall–Kier alpha value is -4.16. The number of anilines is 3. The van der Waals surface area contributed by atoms with Gasteiger partial charge in [0.2, 0.25) is 5.91 Å². The first kappa shape index (κ1) is 22.5. The third-order valence-electron chi connectivity index (χ3n) is 4.33. The van der Waals surface area contributed by atoms with Crippen LogP contribution in [0, 0.1) is 11.3 Å². The summed E-state index contributed by atoms with van der Waals surface area (Å²) < 4.78 is 10.3. The lowest BCUT2D eigenvalue weighted by Crippen LogP contribution is -2.22. The first-order valence-electron chi connectivity index (χ1n) is 9.42. The predicted molar refractivity (Wildman–Crippen MR) is 123 cm³/mol. The molecule has 1 aromatic heterocycles. The second-order valence-corrected chi connectivity index (χ2v) is 7.30. The summed E-state index contributed by atoms with van der Waals surface area (Å²) >= 11 is 1.22. The van der Waals surface area contributed by atoms with Crippen molar-refractivity contribution in [2.75, 3.05) is 24.4 Å². The Kier molecular flexibility index (Phi) is 7.21. The number of benzene rings is 2. The van der Waals surface area contributed by atoms with E-state index in [0.29, 0.717) is 33.7 Å². The van der Waals surface area contributed by atoms with Gasteiger partial charge in [0.05, 0.1) is 25.6 Å². The molecule has 0 aliphatic rings. The lowest BCUT2D eigenvalue weighted by atomic mass is 10.2. The van der Waals surface area contributed by atoms with E-state index >= 15 is 0 Å². The van der Waals surface area contributed by atoms with Gasteiger partial charge < -0.3 is 14.8 Å². The van der Waals surface area contributed by atoms with Crippen LogP contribution >= 0.6 is 11.3 Å². The van der Waals surface area contributed by atoms with E-state index in [-0.39, 0.29) is 11.5 Å². The largest absolute Gasteiger partial charge is 0.497 e. The number of hydrogen-bond acceptors (Lipinski definition) is 7. The highest BCUT2D eigenvalue weighted by Crippen LogP contribution is 2.30. The number of amides is 2. The first-order valence-corrected chi connectivity index (χ1v) is 10.3. The minimum Gasteiger partial charge on any atom is -0.497 e. The van der Waals surface area contributed by atoms with Crippen molar-refractivity contribution in [3.05, 3.63) is 65.2 Å². The smallest absolute Gasteiger partial charge is 0.266 e. The Labute approximate surface area is 189 Å². The normalized spacial score (nSPS) is 10.8. The molecule has 0 saturated heterocycles. The van der Waals surface area contributed by atoms with Gasteiger partial charge in [-0.3, -0.25) is 14.5 Å². The van der Waals surface area contributed by atoms with Crippen molar-refractivity contribution in [1.82, 2.24) is 4.98 Å². The second kappa shape index (κ2) is 10.2. The third-order valence-corrected chi connectivity index (χ3v) is 5.18. The van der Waals surface area contributed by atoms with Gasteiger partial charge in [0.25, 0.3) is 5.91 Å². The third kappa shape index (κ3) is 5.30.